The molecule has 7 heteroatoms. The van der Waals surface area contributed by atoms with Crippen LogP contribution in [0.2, 0.25) is 0 Å². The maximum absolute atomic E-state index is 13.4. The molecule has 0 spiro atoms. The van der Waals surface area contributed by atoms with Gasteiger partial charge in [0.25, 0.3) is 0 Å². The molecule has 0 saturated heterocycles. The molecule has 4 heterocycles. The van der Waals surface area contributed by atoms with E-state index in [1.807, 2.05) is 47.2 Å². The molecule has 2 nitrogen and oxygen atoms in total. The fourth-order valence-corrected chi connectivity index (χ4v) is 12.8. The van der Waals surface area contributed by atoms with Crippen molar-refractivity contribution in [2.75, 3.05) is 0 Å². The molecule has 0 aliphatic heterocycles. The number of hydrogen-bond donors (Lipinski definition) is 0. The standard InChI is InChI=1S/C20H10O2S3Se2/c21-17(13-7-3-9-23-13)16-15-11-5-1-2-6-12(11)25-19(15)27-20(16)26-18(22)14-8-4-10-24-14/h1-10H. The number of benzene rings is 1. The Morgan fingerprint density at radius 2 is 1.63 bits per heavy atom. The average Bonchev–Trinajstić information content (AvgIpc) is 3.44. The first-order chi connectivity index (χ1) is 13.2. The van der Waals surface area contributed by atoms with Gasteiger partial charge >= 0.3 is 181 Å². The molecule has 0 radical (unpaired) electrons. The van der Waals surface area contributed by atoms with Crippen molar-refractivity contribution in [2.24, 2.45) is 0 Å². The summed E-state index contributed by atoms with van der Waals surface area (Å²) in [7, 11) is 0. The molecule has 0 bridgehead atoms. The van der Waals surface area contributed by atoms with Gasteiger partial charge in [0.05, 0.1) is 0 Å². The molecule has 4 aromatic heterocycles. The van der Waals surface area contributed by atoms with Gasteiger partial charge in [0.1, 0.15) is 0 Å². The van der Waals surface area contributed by atoms with Crippen molar-refractivity contribution in [1.82, 2.24) is 0 Å². The van der Waals surface area contributed by atoms with Crippen molar-refractivity contribution in [3.8, 4) is 0 Å². The van der Waals surface area contributed by atoms with E-state index in [1.54, 1.807) is 11.3 Å². The summed E-state index contributed by atoms with van der Waals surface area (Å²) in [4.78, 5) is 27.7. The molecule has 0 unspecified atom stereocenters. The van der Waals surface area contributed by atoms with Crippen LogP contribution in [-0.2, 0) is 0 Å². The molecule has 132 valence electrons. The minimum absolute atomic E-state index is 0.0498. The van der Waals surface area contributed by atoms with Crippen molar-refractivity contribution in [1.29, 1.82) is 0 Å². The van der Waals surface area contributed by atoms with Gasteiger partial charge in [-0.2, -0.15) is 0 Å². The van der Waals surface area contributed by atoms with Gasteiger partial charge in [-0.3, -0.25) is 0 Å². The third-order valence-corrected chi connectivity index (χ3v) is 13.2. The zero-order valence-corrected chi connectivity index (χ0v) is 19.5. The molecule has 5 aromatic rings. The van der Waals surface area contributed by atoms with Crippen LogP contribution < -0.4 is 3.34 Å². The van der Waals surface area contributed by atoms with Crippen LogP contribution in [0.25, 0.3) is 19.0 Å². The summed E-state index contributed by atoms with van der Waals surface area (Å²) in [5.41, 5.74) is 0.801. The van der Waals surface area contributed by atoms with Gasteiger partial charge < -0.3 is 0 Å². The second-order valence-electron chi connectivity index (χ2n) is 5.70. The normalized spacial score (nSPS) is 11.4. The van der Waals surface area contributed by atoms with E-state index in [-0.39, 0.29) is 39.9 Å². The van der Waals surface area contributed by atoms with Gasteiger partial charge in [0.2, 0.25) is 0 Å². The molecular weight excluding hydrogens is 526 g/mol. The molecule has 0 aliphatic carbocycles. The van der Waals surface area contributed by atoms with Crippen LogP contribution >= 0.6 is 34.0 Å². The fraction of sp³-hybridized carbons (Fsp3) is 0. The van der Waals surface area contributed by atoms with Crippen LogP contribution in [0.15, 0.2) is 59.3 Å². The Balaban J connectivity index is 1.71. The number of ketones is 1. The molecule has 0 amide bonds. The second kappa shape index (κ2) is 7.26. The van der Waals surface area contributed by atoms with Gasteiger partial charge in [-0.25, -0.2) is 0 Å². The molecule has 5 rings (SSSR count). The maximum atomic E-state index is 13.4. The zero-order chi connectivity index (χ0) is 18.4. The number of rotatable bonds is 5. The molecule has 0 N–H and O–H groups in total. The SMILES string of the molecule is O=C([Se]c1[se]c2sc3ccccc3c2c1C(=O)c1cccs1)c1cccs1. The predicted octanol–water partition coefficient (Wildman–Crippen LogP) is 4.64. The summed E-state index contributed by atoms with van der Waals surface area (Å²) >= 11 is 4.43. The van der Waals surface area contributed by atoms with Crippen LogP contribution in [-0.4, -0.2) is 39.9 Å². The Morgan fingerprint density at radius 3 is 2.37 bits per heavy atom. The zero-order valence-electron chi connectivity index (χ0n) is 13.6. The summed E-state index contributed by atoms with van der Waals surface area (Å²) in [6.07, 6.45) is 0. The van der Waals surface area contributed by atoms with E-state index in [0.29, 0.717) is 0 Å². The van der Waals surface area contributed by atoms with E-state index in [9.17, 15) is 9.59 Å². The summed E-state index contributed by atoms with van der Waals surface area (Å²) in [5.74, 6) is 0.0741. The third-order valence-electron chi connectivity index (χ3n) is 4.08. The Bertz CT molecular complexity index is 1280. The van der Waals surface area contributed by atoms with Gasteiger partial charge in [-0.1, -0.05) is 0 Å². The first-order valence-electron chi connectivity index (χ1n) is 8.00. The molecule has 0 aliphatic rings. The van der Waals surface area contributed by atoms with Crippen LogP contribution in [0.1, 0.15) is 24.9 Å². The van der Waals surface area contributed by atoms with Crippen molar-refractivity contribution >= 4 is 96.3 Å². The minimum atomic E-state index is -0.340. The van der Waals surface area contributed by atoms with E-state index >= 15 is 0 Å². The summed E-state index contributed by atoms with van der Waals surface area (Å²) in [5, 5.41) is 6.10. The van der Waals surface area contributed by atoms with E-state index in [0.717, 1.165) is 29.4 Å². The Kier molecular flexibility index (Phi) is 4.78. The number of hydrogen-bond acceptors (Lipinski definition) is 5. The summed E-state index contributed by atoms with van der Waals surface area (Å²) in [6, 6.07) is 15.8. The molecule has 27 heavy (non-hydrogen) atoms. The summed E-state index contributed by atoms with van der Waals surface area (Å²) < 4.78 is 3.75. The van der Waals surface area contributed by atoms with Gasteiger partial charge in [-0.15, -0.1) is 0 Å². The number of fused-ring (bicyclic) bond motifs is 3. The summed E-state index contributed by atoms with van der Waals surface area (Å²) in [6.45, 7) is 0. The van der Waals surface area contributed by atoms with E-state index in [2.05, 4.69) is 12.1 Å². The molecule has 0 saturated carbocycles. The van der Waals surface area contributed by atoms with E-state index < -0.39 is 0 Å². The van der Waals surface area contributed by atoms with Crippen LogP contribution in [0.3, 0.4) is 0 Å². The molecule has 1 aromatic carbocycles. The van der Waals surface area contributed by atoms with Gasteiger partial charge in [0, 0.05) is 0 Å². The Labute approximate surface area is 179 Å². The van der Waals surface area contributed by atoms with Crippen LogP contribution in [0.4, 0.5) is 0 Å². The fourth-order valence-electron chi connectivity index (χ4n) is 2.91. The number of carbonyl (C=O) groups is 2. The van der Waals surface area contributed by atoms with Crippen molar-refractivity contribution < 1.29 is 9.59 Å². The van der Waals surface area contributed by atoms with E-state index in [4.69, 9.17) is 0 Å². The number of thiophene rings is 3. The second-order valence-corrected chi connectivity index (χ2v) is 14.7. The topological polar surface area (TPSA) is 34.1 Å². The van der Waals surface area contributed by atoms with Crippen LogP contribution in [0, 0.1) is 0 Å². The van der Waals surface area contributed by atoms with Gasteiger partial charge in [-0.05, 0) is 0 Å². The van der Waals surface area contributed by atoms with E-state index in [1.165, 1.54) is 30.9 Å². The van der Waals surface area contributed by atoms with Gasteiger partial charge in [0.15, 0.2) is 0 Å². The van der Waals surface area contributed by atoms with Crippen LogP contribution in [0.5, 0.6) is 0 Å². The first-order valence-corrected chi connectivity index (χ1v) is 14.0. The first kappa shape index (κ1) is 17.8. The Morgan fingerprint density at radius 1 is 0.889 bits per heavy atom. The third kappa shape index (κ3) is 3.14. The predicted molar refractivity (Wildman–Crippen MR) is 118 cm³/mol. The Hall–Kier alpha value is -1.30. The molecule has 0 fully saturated rings. The molecular formula is C20H10O2S3Se2. The number of carbonyl (C=O) groups excluding carboxylic acids is 2. The van der Waals surface area contributed by atoms with Crippen molar-refractivity contribution in [3.63, 3.8) is 0 Å². The molecule has 0 atom stereocenters. The quantitative estimate of drug-likeness (QED) is 0.243. The van der Waals surface area contributed by atoms with Crippen molar-refractivity contribution in [2.45, 2.75) is 0 Å². The average molecular weight is 536 g/mol. The van der Waals surface area contributed by atoms with Crippen molar-refractivity contribution in [3.05, 3.63) is 74.6 Å². The monoisotopic (exact) mass is 538 g/mol.